The molecule has 1 aromatic carbocycles. The molecule has 0 aromatic heterocycles. The number of halogens is 2. The fraction of sp³-hybridized carbons (Fsp3) is 0.364. The van der Waals surface area contributed by atoms with E-state index in [1.54, 1.807) is 19.1 Å². The van der Waals surface area contributed by atoms with Crippen molar-refractivity contribution in [2.75, 3.05) is 11.9 Å². The van der Waals surface area contributed by atoms with Crippen molar-refractivity contribution in [3.8, 4) is 0 Å². The van der Waals surface area contributed by atoms with E-state index in [4.69, 9.17) is 0 Å². The second-order valence-corrected chi connectivity index (χ2v) is 3.75. The molecule has 1 aromatic rings. The normalized spacial score (nSPS) is 18.2. The summed E-state index contributed by atoms with van der Waals surface area (Å²) in [7, 11) is 0. The summed E-state index contributed by atoms with van der Waals surface area (Å²) in [5, 5.41) is 5.66. The smallest absolute Gasteiger partial charge is 0.241 e. The van der Waals surface area contributed by atoms with E-state index in [0.29, 0.717) is 11.3 Å². The molecule has 1 fully saturated rings. The average molecular weight is 245 g/mol. The second kappa shape index (κ2) is 5.27. The van der Waals surface area contributed by atoms with Crippen molar-refractivity contribution < 1.29 is 9.18 Å². The number of carbonyl (C=O) groups excluding carboxylic acids is 1. The highest BCUT2D eigenvalue weighted by atomic mass is 35.5. The Bertz CT molecular complexity index is 394. The average Bonchev–Trinajstić information content (AvgIpc) is 2.08. The molecule has 0 spiro atoms. The zero-order valence-electron chi connectivity index (χ0n) is 8.92. The Hall–Kier alpha value is -1.13. The van der Waals surface area contributed by atoms with Crippen LogP contribution in [0.3, 0.4) is 0 Å². The van der Waals surface area contributed by atoms with Gasteiger partial charge in [-0.05, 0) is 37.6 Å². The summed E-state index contributed by atoms with van der Waals surface area (Å²) >= 11 is 0. The van der Waals surface area contributed by atoms with Crippen LogP contribution in [0.15, 0.2) is 18.2 Å². The van der Waals surface area contributed by atoms with Crippen molar-refractivity contribution in [1.82, 2.24) is 5.32 Å². The van der Waals surface area contributed by atoms with Crippen LogP contribution >= 0.6 is 12.4 Å². The van der Waals surface area contributed by atoms with Crippen molar-refractivity contribution in [2.24, 2.45) is 0 Å². The maximum atomic E-state index is 13.2. The highest BCUT2D eigenvalue weighted by Crippen LogP contribution is 2.14. The first kappa shape index (κ1) is 12.9. The number of aryl methyl sites for hydroxylation is 1. The quantitative estimate of drug-likeness (QED) is 0.834. The molecule has 16 heavy (non-hydrogen) atoms. The molecule has 1 aliphatic heterocycles. The summed E-state index contributed by atoms with van der Waals surface area (Å²) in [6.45, 7) is 2.56. The zero-order chi connectivity index (χ0) is 10.8. The Labute approximate surface area is 99.8 Å². The van der Waals surface area contributed by atoms with Crippen LogP contribution in [0.2, 0.25) is 0 Å². The van der Waals surface area contributed by atoms with Crippen molar-refractivity contribution in [3.05, 3.63) is 29.6 Å². The third-order valence-corrected chi connectivity index (χ3v) is 2.58. The van der Waals surface area contributed by atoms with Crippen molar-refractivity contribution in [3.63, 3.8) is 0 Å². The van der Waals surface area contributed by atoms with E-state index >= 15 is 0 Å². The molecule has 1 heterocycles. The zero-order valence-corrected chi connectivity index (χ0v) is 9.73. The van der Waals surface area contributed by atoms with Crippen molar-refractivity contribution in [1.29, 1.82) is 0 Å². The van der Waals surface area contributed by atoms with Gasteiger partial charge >= 0.3 is 0 Å². The van der Waals surface area contributed by atoms with E-state index in [-0.39, 0.29) is 30.2 Å². The van der Waals surface area contributed by atoms with Crippen LogP contribution in [0.25, 0.3) is 0 Å². The lowest BCUT2D eigenvalue weighted by molar-refractivity contribution is -0.119. The summed E-state index contributed by atoms with van der Waals surface area (Å²) in [6.07, 6.45) is 0.847. The summed E-state index contributed by atoms with van der Waals surface area (Å²) in [6, 6.07) is 4.58. The molecule has 2 N–H and O–H groups in total. The predicted octanol–water partition coefficient (Wildman–Crippen LogP) is 1.86. The summed E-state index contributed by atoms with van der Waals surface area (Å²) in [5.41, 5.74) is 1.09. The molecule has 3 nitrogen and oxygen atoms in total. The number of benzene rings is 1. The van der Waals surface area contributed by atoms with E-state index in [1.165, 1.54) is 6.07 Å². The third kappa shape index (κ3) is 2.71. The molecule has 5 heteroatoms. The fourth-order valence-electron chi connectivity index (χ4n) is 1.41. The Balaban J connectivity index is 0.00000128. The number of hydrogen-bond acceptors (Lipinski definition) is 2. The lowest BCUT2D eigenvalue weighted by atomic mass is 10.1. The largest absolute Gasteiger partial charge is 0.325 e. The highest BCUT2D eigenvalue weighted by molar-refractivity contribution is 5.95. The maximum Gasteiger partial charge on any atom is 0.241 e. The van der Waals surface area contributed by atoms with Crippen molar-refractivity contribution in [2.45, 2.75) is 19.4 Å². The Morgan fingerprint density at radius 2 is 2.25 bits per heavy atom. The van der Waals surface area contributed by atoms with Gasteiger partial charge in [-0.2, -0.15) is 0 Å². The van der Waals surface area contributed by atoms with Crippen LogP contribution in [0.4, 0.5) is 10.1 Å². The van der Waals surface area contributed by atoms with Gasteiger partial charge in [0.05, 0.1) is 6.04 Å². The first-order valence-corrected chi connectivity index (χ1v) is 4.97. The van der Waals surface area contributed by atoms with Gasteiger partial charge in [-0.3, -0.25) is 4.79 Å². The van der Waals surface area contributed by atoms with Gasteiger partial charge in [0, 0.05) is 5.69 Å². The number of rotatable bonds is 2. The van der Waals surface area contributed by atoms with Crippen LogP contribution in [-0.2, 0) is 4.79 Å². The topological polar surface area (TPSA) is 41.1 Å². The Morgan fingerprint density at radius 1 is 1.56 bits per heavy atom. The molecule has 88 valence electrons. The minimum atomic E-state index is -0.297. The summed E-state index contributed by atoms with van der Waals surface area (Å²) in [4.78, 5) is 11.5. The van der Waals surface area contributed by atoms with Crippen LogP contribution in [-0.4, -0.2) is 18.5 Å². The summed E-state index contributed by atoms with van der Waals surface area (Å²) < 4.78 is 13.2. The lowest BCUT2D eigenvalue weighted by Gasteiger charge is -2.26. The van der Waals surface area contributed by atoms with Gasteiger partial charge in [-0.1, -0.05) is 6.07 Å². The molecule has 2 rings (SSSR count). The minimum absolute atomic E-state index is 0. The molecule has 1 atom stereocenters. The van der Waals surface area contributed by atoms with Crippen LogP contribution < -0.4 is 10.6 Å². The SMILES string of the molecule is Cc1ccc(NC(=O)[C@H]2CCN2)cc1F.Cl. The Morgan fingerprint density at radius 3 is 2.75 bits per heavy atom. The van der Waals surface area contributed by atoms with Gasteiger partial charge in [0.25, 0.3) is 0 Å². The third-order valence-electron chi connectivity index (χ3n) is 2.58. The molecule has 1 amide bonds. The monoisotopic (exact) mass is 244 g/mol. The van der Waals surface area contributed by atoms with Gasteiger partial charge in [0.1, 0.15) is 5.82 Å². The number of nitrogens with one attached hydrogen (secondary N) is 2. The van der Waals surface area contributed by atoms with E-state index in [1.807, 2.05) is 0 Å². The second-order valence-electron chi connectivity index (χ2n) is 3.75. The number of amides is 1. The van der Waals surface area contributed by atoms with Gasteiger partial charge < -0.3 is 10.6 Å². The van der Waals surface area contributed by atoms with E-state index in [2.05, 4.69) is 10.6 Å². The van der Waals surface area contributed by atoms with Crippen molar-refractivity contribution >= 4 is 24.0 Å². The first-order valence-electron chi connectivity index (χ1n) is 4.97. The number of carbonyl (C=O) groups is 1. The molecular formula is C11H14ClFN2O. The standard InChI is InChI=1S/C11H13FN2O.ClH/c1-7-2-3-8(6-9(7)12)14-11(15)10-4-5-13-10;/h2-3,6,10,13H,4-5H2,1H3,(H,14,15);1H/t10-;/m1./s1. The molecule has 0 aliphatic carbocycles. The van der Waals surface area contributed by atoms with Gasteiger partial charge in [-0.25, -0.2) is 4.39 Å². The molecule has 0 bridgehead atoms. The number of anilines is 1. The molecular weight excluding hydrogens is 231 g/mol. The lowest BCUT2D eigenvalue weighted by Crippen LogP contribution is -2.50. The highest BCUT2D eigenvalue weighted by Gasteiger charge is 2.24. The van der Waals surface area contributed by atoms with Gasteiger partial charge in [-0.15, -0.1) is 12.4 Å². The summed E-state index contributed by atoms with van der Waals surface area (Å²) in [5.74, 6) is -0.390. The molecule has 1 aliphatic rings. The van der Waals surface area contributed by atoms with E-state index in [0.717, 1.165) is 13.0 Å². The maximum absolute atomic E-state index is 13.2. The van der Waals surface area contributed by atoms with Crippen LogP contribution in [0, 0.1) is 12.7 Å². The fourth-order valence-corrected chi connectivity index (χ4v) is 1.41. The van der Waals surface area contributed by atoms with E-state index in [9.17, 15) is 9.18 Å². The molecule has 1 saturated heterocycles. The molecule has 0 saturated carbocycles. The first-order chi connectivity index (χ1) is 7.16. The van der Waals surface area contributed by atoms with Crippen LogP contribution in [0.1, 0.15) is 12.0 Å². The molecule has 0 radical (unpaired) electrons. The molecule has 0 unspecified atom stereocenters. The Kier molecular flexibility index (Phi) is 4.26. The van der Waals surface area contributed by atoms with Gasteiger partial charge in [0.15, 0.2) is 0 Å². The van der Waals surface area contributed by atoms with E-state index < -0.39 is 0 Å². The number of hydrogen-bond donors (Lipinski definition) is 2. The predicted molar refractivity (Wildman–Crippen MR) is 63.4 cm³/mol. The van der Waals surface area contributed by atoms with Crippen LogP contribution in [0.5, 0.6) is 0 Å². The van der Waals surface area contributed by atoms with Gasteiger partial charge in [0.2, 0.25) is 5.91 Å². The minimum Gasteiger partial charge on any atom is -0.325 e.